The number of fused-ring (bicyclic) bond motifs is 6. The van der Waals surface area contributed by atoms with Crippen LogP contribution in [0.5, 0.6) is 11.5 Å². The summed E-state index contributed by atoms with van der Waals surface area (Å²) in [4.78, 5) is 139. The number of esters is 1. The number of benzene rings is 2. The van der Waals surface area contributed by atoms with E-state index in [0.29, 0.717) is 60.3 Å². The number of cyclic esters (lactones) is 1. The number of hydrogen-bond donors (Lipinski definition) is 7. The van der Waals surface area contributed by atoms with Gasteiger partial charge in [-0.2, -0.15) is 0 Å². The number of aliphatic hydroxyl groups is 1. The van der Waals surface area contributed by atoms with Crippen LogP contribution in [0.1, 0.15) is 87.6 Å². The summed E-state index contributed by atoms with van der Waals surface area (Å²) in [5.41, 5.74) is 1.15. The fourth-order valence-corrected chi connectivity index (χ4v) is 10.7. The summed E-state index contributed by atoms with van der Waals surface area (Å²) >= 11 is 0. The molecule has 0 aliphatic carbocycles. The van der Waals surface area contributed by atoms with E-state index in [1.807, 2.05) is 19.9 Å². The molecule has 0 bridgehead atoms. The normalized spacial score (nSPS) is 18.2. The Bertz CT molecular complexity index is 3380. The number of pyridine rings is 2. The lowest BCUT2D eigenvalue weighted by atomic mass is 9.85. The molecule has 1 fully saturated rings. The number of carboxylic acid groups (broad SMARTS) is 1. The number of β-amino-alcohol motifs (C(OH)–C–C–N with tert-alkyl or cyclic N) is 1. The van der Waals surface area contributed by atoms with Crippen molar-refractivity contribution in [2.45, 2.75) is 116 Å². The van der Waals surface area contributed by atoms with Crippen molar-refractivity contribution in [2.24, 2.45) is 5.92 Å². The summed E-state index contributed by atoms with van der Waals surface area (Å²) in [6.45, 7) is 9.40. The van der Waals surface area contributed by atoms with Crippen LogP contribution in [-0.2, 0) is 89.2 Å². The number of aliphatic hydroxyl groups excluding tert-OH is 1. The molecule has 27 heteroatoms. The highest BCUT2D eigenvalue weighted by Gasteiger charge is 2.51. The summed E-state index contributed by atoms with van der Waals surface area (Å²) in [5.74, 6) is -5.34. The van der Waals surface area contributed by atoms with Crippen LogP contribution in [-0.4, -0.2) is 160 Å². The van der Waals surface area contributed by atoms with Gasteiger partial charge in [-0.3, -0.25) is 48.2 Å². The number of nitrogens with zero attached hydrogens (tertiary/aromatic N) is 4. The average molecular weight is 1180 g/mol. The first-order chi connectivity index (χ1) is 40.7. The summed E-state index contributed by atoms with van der Waals surface area (Å²) < 4.78 is 35.3. The molecule has 5 aliphatic heterocycles. The number of carbonyl (C=O) groups excluding carboxylic acids is 8. The molecule has 27 nitrogen and oxygen atoms in total. The first kappa shape index (κ1) is 60.8. The van der Waals surface area contributed by atoms with Gasteiger partial charge in [0.1, 0.15) is 31.3 Å². The van der Waals surface area contributed by atoms with E-state index in [2.05, 4.69) is 31.5 Å². The largest absolute Gasteiger partial charge is 0.510 e. The number of carboxylic acids is 1. The van der Waals surface area contributed by atoms with E-state index in [1.54, 1.807) is 19.1 Å². The maximum Gasteiger partial charge on any atom is 0.510 e. The van der Waals surface area contributed by atoms with Crippen LogP contribution in [0.2, 0.25) is 0 Å². The quantitative estimate of drug-likeness (QED) is 0.0322. The van der Waals surface area contributed by atoms with Gasteiger partial charge in [-0.1, -0.05) is 32.9 Å². The van der Waals surface area contributed by atoms with Crippen molar-refractivity contribution < 1.29 is 81.8 Å². The fourth-order valence-electron chi connectivity index (χ4n) is 10.7. The van der Waals surface area contributed by atoms with Crippen LogP contribution in [0.15, 0.2) is 59.4 Å². The number of morpholine rings is 1. The van der Waals surface area contributed by atoms with E-state index < -0.39 is 95.3 Å². The number of anilines is 1. The Morgan fingerprint density at radius 1 is 0.835 bits per heavy atom. The van der Waals surface area contributed by atoms with Gasteiger partial charge < -0.3 is 69.8 Å². The first-order valence-electron chi connectivity index (χ1n) is 28.0. The van der Waals surface area contributed by atoms with Crippen LogP contribution in [0.3, 0.4) is 0 Å². The molecule has 2 aromatic carbocycles. The number of aromatic nitrogens is 2. The fraction of sp³-hybridized carbons (Fsp3) is 0.466. The molecular weight excluding hydrogens is 1110 g/mol. The van der Waals surface area contributed by atoms with E-state index in [0.717, 1.165) is 46.7 Å². The van der Waals surface area contributed by atoms with Crippen molar-refractivity contribution >= 4 is 70.1 Å². The highest BCUT2D eigenvalue weighted by Crippen LogP contribution is 2.44. The number of ether oxygens (including phenoxy) is 6. The second-order valence-corrected chi connectivity index (χ2v) is 21.6. The molecule has 4 aromatic rings. The molecule has 85 heavy (non-hydrogen) atoms. The van der Waals surface area contributed by atoms with Gasteiger partial charge in [0.15, 0.2) is 11.5 Å². The minimum Gasteiger partial charge on any atom is -0.481 e. The van der Waals surface area contributed by atoms with Crippen molar-refractivity contribution in [3.8, 4) is 22.9 Å². The second-order valence-electron chi connectivity index (χ2n) is 21.6. The Balaban J connectivity index is 0.835. The number of nitrogens with one attached hydrogen (secondary N) is 5. The molecule has 2 aromatic heterocycles. The highest BCUT2D eigenvalue weighted by molar-refractivity contribution is 6.13. The average Bonchev–Trinajstić information content (AvgIpc) is 1.76. The topological polar surface area (TPSA) is 351 Å². The minimum atomic E-state index is -2.11. The van der Waals surface area contributed by atoms with Crippen LogP contribution in [0.4, 0.5) is 10.5 Å². The van der Waals surface area contributed by atoms with E-state index >= 15 is 0 Å². The second kappa shape index (κ2) is 26.4. The molecule has 7 N–H and O–H groups in total. The van der Waals surface area contributed by atoms with Crippen molar-refractivity contribution in [2.75, 3.05) is 58.0 Å². The molecule has 0 saturated carbocycles. The molecule has 7 heterocycles. The molecule has 9 rings (SSSR count). The lowest BCUT2D eigenvalue weighted by molar-refractivity contribution is -0.175. The maximum absolute atomic E-state index is 14.5. The number of aliphatic carboxylic acids is 1. The van der Waals surface area contributed by atoms with Gasteiger partial charge in [0.25, 0.3) is 17.4 Å². The minimum absolute atomic E-state index is 0.0308. The zero-order valence-corrected chi connectivity index (χ0v) is 47.3. The van der Waals surface area contributed by atoms with Crippen LogP contribution >= 0.6 is 0 Å². The lowest BCUT2D eigenvalue weighted by Crippen LogP contribution is -2.55. The summed E-state index contributed by atoms with van der Waals surface area (Å²) in [5, 5.41) is 34.8. The molecule has 6 amide bonds. The monoisotopic (exact) mass is 1180 g/mol. The van der Waals surface area contributed by atoms with Gasteiger partial charge in [0.2, 0.25) is 36.0 Å². The summed E-state index contributed by atoms with van der Waals surface area (Å²) in [6, 6.07) is 7.37. The number of amides is 6. The van der Waals surface area contributed by atoms with Gasteiger partial charge in [0, 0.05) is 92.5 Å². The van der Waals surface area contributed by atoms with Gasteiger partial charge >= 0.3 is 18.1 Å². The molecule has 452 valence electrons. The highest BCUT2D eigenvalue weighted by atomic mass is 16.7. The standard InChI is InChI=1S/C58H67N9O18/c1-5-58(40-22-44-51-38(27-67(44)55(77)39(40)29-81-56(58)78)37(25-59-24-35(68)26-65-16-18-80-19-17-65)36-21-45-46(84-30-83-45)23-42(36)63-51)85-57(79)82-28-33-6-8-34(9-7-33)61-53(75)41(10-13-50(72)73)64-52(74)32(4)60-54(76)43(20-31(2)3)62-47(69)14-15-66-48(70)11-12-49(66)71/h6-9,11-12,21-23,31-32,35,41,43,59,68H,5,10,13-20,24-30H2,1-4H3,(H,60,76)(H,61,75)(H,62,69)(H,64,74)(H,72,73)/t32-,35?,41-,43+,58-/m0/s1. The van der Waals surface area contributed by atoms with Gasteiger partial charge in [-0.05, 0) is 67.5 Å². The van der Waals surface area contributed by atoms with Crippen molar-refractivity contribution in [3.63, 3.8) is 0 Å². The summed E-state index contributed by atoms with van der Waals surface area (Å²) in [7, 11) is 0. The third-order valence-electron chi connectivity index (χ3n) is 15.2. The van der Waals surface area contributed by atoms with Crippen molar-refractivity contribution in [3.05, 3.63) is 92.8 Å². The Labute approximate surface area is 486 Å². The number of rotatable bonds is 25. The van der Waals surface area contributed by atoms with Crippen molar-refractivity contribution in [1.82, 2.24) is 40.6 Å². The van der Waals surface area contributed by atoms with E-state index in [9.17, 15) is 58.2 Å². The number of carbonyl (C=O) groups is 9. The number of hydrogen-bond acceptors (Lipinski definition) is 20. The van der Waals surface area contributed by atoms with E-state index in [1.165, 1.54) is 35.8 Å². The Kier molecular flexibility index (Phi) is 18.9. The van der Waals surface area contributed by atoms with Gasteiger partial charge in [-0.15, -0.1) is 0 Å². The Morgan fingerprint density at radius 2 is 1.55 bits per heavy atom. The van der Waals surface area contributed by atoms with Crippen LogP contribution < -0.4 is 41.6 Å². The number of imide groups is 1. The Hall–Kier alpha value is -8.79. The molecule has 5 aliphatic rings. The Morgan fingerprint density at radius 3 is 2.25 bits per heavy atom. The maximum atomic E-state index is 14.5. The van der Waals surface area contributed by atoms with Crippen LogP contribution in [0.25, 0.3) is 22.3 Å². The lowest BCUT2D eigenvalue weighted by Gasteiger charge is -2.35. The predicted molar refractivity (Wildman–Crippen MR) is 298 cm³/mol. The van der Waals surface area contributed by atoms with E-state index in [4.69, 9.17) is 33.4 Å². The third-order valence-corrected chi connectivity index (χ3v) is 15.2. The van der Waals surface area contributed by atoms with Gasteiger partial charge in [0.05, 0.1) is 48.3 Å². The molecule has 0 radical (unpaired) electrons. The molecule has 0 spiro atoms. The van der Waals surface area contributed by atoms with Crippen molar-refractivity contribution in [1.29, 1.82) is 0 Å². The molecule has 5 atom stereocenters. The third kappa shape index (κ3) is 13.9. The predicted octanol–water partition coefficient (Wildman–Crippen LogP) is 1.59. The zero-order chi connectivity index (χ0) is 60.7. The zero-order valence-electron chi connectivity index (χ0n) is 47.3. The smallest absolute Gasteiger partial charge is 0.481 e. The van der Waals surface area contributed by atoms with Gasteiger partial charge in [-0.25, -0.2) is 14.6 Å². The summed E-state index contributed by atoms with van der Waals surface area (Å²) in [6.07, 6.45) is -0.877. The molecular formula is C58H67N9O18. The molecule has 1 saturated heterocycles. The SMILES string of the molecule is CC[C@@]1(OC(=O)OCc2ccc(NC(=O)[C@H](CCC(=O)O)NC(=O)[C@H](C)NC(=O)[C@@H](CC(C)C)NC(=O)CCN3C(=O)C=CC3=O)cc2)C(=O)OCc2c1cc1n(c2=O)Cc2c-1nc1cc3c(cc1c2CNCC(O)CN1CCOCC1)OCO3. The first-order valence-corrected chi connectivity index (χ1v) is 28.0. The van der Waals surface area contributed by atoms with E-state index in [-0.39, 0.29) is 88.1 Å². The molecule has 1 unspecified atom stereocenters. The van der Waals surface area contributed by atoms with Crippen LogP contribution in [0, 0.1) is 5.92 Å².